The second-order valence-electron chi connectivity index (χ2n) is 1.91. The van der Waals surface area contributed by atoms with Gasteiger partial charge in [0.15, 0.2) is 0 Å². The summed E-state index contributed by atoms with van der Waals surface area (Å²) in [5.41, 5.74) is 0. The summed E-state index contributed by atoms with van der Waals surface area (Å²) in [4.78, 5) is 0. The zero-order valence-electron chi connectivity index (χ0n) is 6.44. The predicted octanol–water partition coefficient (Wildman–Crippen LogP) is 2.05. The molecule has 1 heteroatoms. The van der Waals surface area contributed by atoms with Gasteiger partial charge >= 0.3 is 0 Å². The van der Waals surface area contributed by atoms with Gasteiger partial charge in [-0.3, -0.25) is 0 Å². The third-order valence-corrected chi connectivity index (χ3v) is 0.706. The smallest absolute Gasteiger partial charge is 0.0433 e. The van der Waals surface area contributed by atoms with Crippen molar-refractivity contribution in [2.75, 3.05) is 6.61 Å². The van der Waals surface area contributed by atoms with Gasteiger partial charge in [0.05, 0.1) is 0 Å². The van der Waals surface area contributed by atoms with Crippen molar-refractivity contribution in [3.05, 3.63) is 0 Å². The van der Waals surface area contributed by atoms with Gasteiger partial charge in [-0.05, 0) is 12.3 Å². The molecule has 0 saturated carbocycles. The van der Waals surface area contributed by atoms with Crippen molar-refractivity contribution in [1.82, 2.24) is 0 Å². The van der Waals surface area contributed by atoms with Crippen LogP contribution in [0.5, 0.6) is 0 Å². The Hall–Kier alpha value is -0.0400. The highest BCUT2D eigenvalue weighted by atomic mass is 16.2. The van der Waals surface area contributed by atoms with Gasteiger partial charge in [-0.25, -0.2) is 0 Å². The Morgan fingerprint density at radius 3 is 1.62 bits per heavy atom. The number of aliphatic hydroxyl groups is 1. The highest BCUT2D eigenvalue weighted by molar-refractivity contribution is 4.38. The lowest BCUT2D eigenvalue weighted by Gasteiger charge is -1.95. The van der Waals surface area contributed by atoms with E-state index in [9.17, 15) is 0 Å². The van der Waals surface area contributed by atoms with Crippen LogP contribution in [-0.2, 0) is 0 Å². The highest BCUT2D eigenvalue weighted by Gasteiger charge is 1.86. The van der Waals surface area contributed by atoms with Crippen LogP contribution in [0.1, 0.15) is 34.1 Å². The SMILES string of the molecule is CC.CC(C)CCO. The Labute approximate surface area is 52.7 Å². The van der Waals surface area contributed by atoms with E-state index in [1.165, 1.54) is 0 Å². The van der Waals surface area contributed by atoms with Gasteiger partial charge < -0.3 is 5.11 Å². The van der Waals surface area contributed by atoms with Gasteiger partial charge in [-0.2, -0.15) is 0 Å². The largest absolute Gasteiger partial charge is 0.396 e. The molecule has 0 spiro atoms. The molecule has 0 amide bonds. The van der Waals surface area contributed by atoms with Crippen molar-refractivity contribution in [3.8, 4) is 0 Å². The van der Waals surface area contributed by atoms with E-state index in [0.29, 0.717) is 12.5 Å². The van der Waals surface area contributed by atoms with Crippen LogP contribution in [0.4, 0.5) is 0 Å². The third-order valence-electron chi connectivity index (χ3n) is 0.706. The highest BCUT2D eigenvalue weighted by Crippen LogP contribution is 1.94. The second kappa shape index (κ2) is 10.0. The molecule has 52 valence electrons. The lowest BCUT2D eigenvalue weighted by molar-refractivity contribution is 0.268. The van der Waals surface area contributed by atoms with Crippen molar-refractivity contribution >= 4 is 0 Å². The maximum absolute atomic E-state index is 8.24. The molecule has 0 atom stereocenters. The third kappa shape index (κ3) is 16.7. The summed E-state index contributed by atoms with van der Waals surface area (Å²) in [5.74, 6) is 0.648. The number of rotatable bonds is 2. The van der Waals surface area contributed by atoms with Gasteiger partial charge in [0, 0.05) is 6.61 Å². The molecule has 0 aromatic rings. The van der Waals surface area contributed by atoms with E-state index in [-0.39, 0.29) is 0 Å². The maximum atomic E-state index is 8.24. The van der Waals surface area contributed by atoms with Crippen molar-refractivity contribution < 1.29 is 5.11 Å². The molecule has 1 N–H and O–H groups in total. The van der Waals surface area contributed by atoms with E-state index in [2.05, 4.69) is 13.8 Å². The summed E-state index contributed by atoms with van der Waals surface area (Å²) >= 11 is 0. The molecule has 0 heterocycles. The molecule has 0 aliphatic carbocycles. The average Bonchev–Trinajstić information content (AvgIpc) is 1.72. The summed E-state index contributed by atoms with van der Waals surface area (Å²) < 4.78 is 0. The normalized spacial score (nSPS) is 8.25. The Bertz CT molecular complexity index is 25.6. The lowest BCUT2D eigenvalue weighted by atomic mass is 10.2. The first kappa shape index (κ1) is 10.9. The standard InChI is InChI=1S/C5H12O.C2H6/c1-5(2)3-4-6;1-2/h5-6H,3-4H2,1-2H3;1-2H3. The summed E-state index contributed by atoms with van der Waals surface area (Å²) in [6.07, 6.45) is 0.931. The molecule has 1 nitrogen and oxygen atoms in total. The van der Waals surface area contributed by atoms with Gasteiger partial charge in [0.2, 0.25) is 0 Å². The molecule has 0 fully saturated rings. The first-order valence-corrected chi connectivity index (χ1v) is 3.38. The first-order valence-electron chi connectivity index (χ1n) is 3.38. The Balaban J connectivity index is 0. The van der Waals surface area contributed by atoms with Crippen LogP contribution < -0.4 is 0 Å². The summed E-state index contributed by atoms with van der Waals surface area (Å²) in [6, 6.07) is 0. The van der Waals surface area contributed by atoms with Crippen LogP contribution in [-0.4, -0.2) is 11.7 Å². The lowest BCUT2D eigenvalue weighted by Crippen LogP contribution is -1.89. The molecule has 0 aromatic carbocycles. The topological polar surface area (TPSA) is 20.2 Å². The average molecular weight is 118 g/mol. The molecule has 0 radical (unpaired) electrons. The molecule has 0 aliphatic heterocycles. The van der Waals surface area contributed by atoms with Gasteiger partial charge in [0.25, 0.3) is 0 Å². The molecular formula is C7H18O. The Morgan fingerprint density at radius 1 is 1.25 bits per heavy atom. The minimum atomic E-state index is 0.331. The van der Waals surface area contributed by atoms with Crippen LogP contribution >= 0.6 is 0 Å². The van der Waals surface area contributed by atoms with Crippen molar-refractivity contribution in [2.24, 2.45) is 5.92 Å². The quantitative estimate of drug-likeness (QED) is 0.588. The Kier molecular flexibility index (Phi) is 13.6. The maximum Gasteiger partial charge on any atom is 0.0433 e. The van der Waals surface area contributed by atoms with E-state index in [1.807, 2.05) is 13.8 Å². The zero-order chi connectivity index (χ0) is 6.99. The fraction of sp³-hybridized carbons (Fsp3) is 1.00. The first-order chi connectivity index (χ1) is 3.77. The molecule has 0 aromatic heterocycles. The predicted molar refractivity (Wildman–Crippen MR) is 37.9 cm³/mol. The van der Waals surface area contributed by atoms with Crippen LogP contribution in [0.2, 0.25) is 0 Å². The van der Waals surface area contributed by atoms with Gasteiger partial charge in [-0.15, -0.1) is 0 Å². The zero-order valence-corrected chi connectivity index (χ0v) is 6.44. The van der Waals surface area contributed by atoms with Crippen LogP contribution in [0.3, 0.4) is 0 Å². The molecule has 0 aliphatic rings. The van der Waals surface area contributed by atoms with Crippen molar-refractivity contribution in [2.45, 2.75) is 34.1 Å². The van der Waals surface area contributed by atoms with E-state index < -0.39 is 0 Å². The summed E-state index contributed by atoms with van der Waals surface area (Å²) in [6.45, 7) is 8.52. The molecule has 8 heavy (non-hydrogen) atoms. The number of aliphatic hydroxyl groups excluding tert-OH is 1. The molecule has 0 rings (SSSR count). The number of hydrogen-bond acceptors (Lipinski definition) is 1. The number of hydrogen-bond donors (Lipinski definition) is 1. The van der Waals surface area contributed by atoms with E-state index >= 15 is 0 Å². The minimum absolute atomic E-state index is 0.331. The monoisotopic (exact) mass is 118 g/mol. The molecule has 0 saturated heterocycles. The summed E-state index contributed by atoms with van der Waals surface area (Å²) in [5, 5.41) is 8.24. The van der Waals surface area contributed by atoms with E-state index in [1.54, 1.807) is 0 Å². The fourth-order valence-corrected chi connectivity index (χ4v) is 0.258. The molecular weight excluding hydrogens is 100 g/mol. The van der Waals surface area contributed by atoms with E-state index in [4.69, 9.17) is 5.11 Å². The van der Waals surface area contributed by atoms with Crippen LogP contribution in [0.15, 0.2) is 0 Å². The van der Waals surface area contributed by atoms with Crippen LogP contribution in [0.25, 0.3) is 0 Å². The Morgan fingerprint density at radius 2 is 1.62 bits per heavy atom. The fourth-order valence-electron chi connectivity index (χ4n) is 0.258. The van der Waals surface area contributed by atoms with Gasteiger partial charge in [-0.1, -0.05) is 27.7 Å². The molecule has 0 bridgehead atoms. The second-order valence-corrected chi connectivity index (χ2v) is 1.91. The van der Waals surface area contributed by atoms with Crippen molar-refractivity contribution in [3.63, 3.8) is 0 Å². The van der Waals surface area contributed by atoms with Crippen LogP contribution in [0, 0.1) is 5.92 Å². The molecule has 0 unspecified atom stereocenters. The van der Waals surface area contributed by atoms with Gasteiger partial charge in [0.1, 0.15) is 0 Å². The van der Waals surface area contributed by atoms with E-state index in [0.717, 1.165) is 6.42 Å². The summed E-state index contributed by atoms with van der Waals surface area (Å²) in [7, 11) is 0. The van der Waals surface area contributed by atoms with Crippen molar-refractivity contribution in [1.29, 1.82) is 0 Å². The minimum Gasteiger partial charge on any atom is -0.396 e.